The molecule has 0 saturated heterocycles. The van der Waals surface area contributed by atoms with Crippen LogP contribution in [-0.4, -0.2) is 13.1 Å². The van der Waals surface area contributed by atoms with Crippen LogP contribution < -0.4 is 5.32 Å². The fraction of sp³-hybridized carbons (Fsp3) is 0.133. The molecule has 0 aliphatic carbocycles. The largest absolute Gasteiger partial charge is 0.465 e. The molecule has 0 radical (unpaired) electrons. The van der Waals surface area contributed by atoms with E-state index in [1.165, 1.54) is 13.2 Å². The molecule has 20 heavy (non-hydrogen) atoms. The summed E-state index contributed by atoms with van der Waals surface area (Å²) in [6.45, 7) is 0.544. The van der Waals surface area contributed by atoms with E-state index in [2.05, 4.69) is 26.0 Å². The Bertz CT molecular complexity index is 614. The lowest BCUT2D eigenvalue weighted by molar-refractivity contribution is 0.0600. The highest BCUT2D eigenvalue weighted by atomic mass is 79.9. The van der Waals surface area contributed by atoms with Gasteiger partial charge < -0.3 is 10.1 Å². The van der Waals surface area contributed by atoms with Crippen LogP contribution in [0.1, 0.15) is 15.9 Å². The number of anilines is 1. The predicted octanol–water partition coefficient (Wildman–Crippen LogP) is 3.99. The lowest BCUT2D eigenvalue weighted by Gasteiger charge is -2.08. The molecule has 2 aromatic carbocycles. The van der Waals surface area contributed by atoms with E-state index < -0.39 is 0 Å². The number of halogens is 2. The standard InChI is InChI=1S/C15H13BrFNO2/c1-20-15(19)11-4-2-10(3-5-11)9-18-12-6-7-13(16)14(17)8-12/h2-8,18H,9H2,1H3. The molecular weight excluding hydrogens is 325 g/mol. The summed E-state index contributed by atoms with van der Waals surface area (Å²) in [5.74, 6) is -0.671. The Morgan fingerprint density at radius 1 is 1.25 bits per heavy atom. The molecule has 3 nitrogen and oxygen atoms in total. The Labute approximate surface area is 124 Å². The molecule has 2 rings (SSSR count). The smallest absolute Gasteiger partial charge is 0.337 e. The summed E-state index contributed by atoms with van der Waals surface area (Å²) in [4.78, 5) is 11.3. The number of hydrogen-bond donors (Lipinski definition) is 1. The topological polar surface area (TPSA) is 38.3 Å². The Balaban J connectivity index is 2.00. The third kappa shape index (κ3) is 3.57. The number of nitrogens with one attached hydrogen (secondary N) is 1. The highest BCUT2D eigenvalue weighted by Crippen LogP contribution is 2.19. The lowest BCUT2D eigenvalue weighted by Crippen LogP contribution is -2.03. The summed E-state index contributed by atoms with van der Waals surface area (Å²) < 4.78 is 18.4. The molecule has 0 heterocycles. The molecule has 5 heteroatoms. The van der Waals surface area contributed by atoms with Gasteiger partial charge in [0.15, 0.2) is 0 Å². The maximum Gasteiger partial charge on any atom is 0.337 e. The summed E-state index contributed by atoms with van der Waals surface area (Å²) in [6, 6.07) is 11.9. The summed E-state index contributed by atoms with van der Waals surface area (Å²) in [7, 11) is 1.35. The Hall–Kier alpha value is -1.88. The van der Waals surface area contributed by atoms with Crippen LogP contribution in [0.2, 0.25) is 0 Å². The zero-order valence-electron chi connectivity index (χ0n) is 10.8. The van der Waals surface area contributed by atoms with Gasteiger partial charge in [0.2, 0.25) is 0 Å². The van der Waals surface area contributed by atoms with E-state index in [4.69, 9.17) is 0 Å². The van der Waals surface area contributed by atoms with Crippen molar-refractivity contribution < 1.29 is 13.9 Å². The third-order valence-corrected chi connectivity index (χ3v) is 3.43. The van der Waals surface area contributed by atoms with E-state index in [1.807, 2.05) is 12.1 Å². The Morgan fingerprint density at radius 3 is 2.55 bits per heavy atom. The number of ether oxygens (including phenoxy) is 1. The number of esters is 1. The first-order chi connectivity index (χ1) is 9.60. The number of rotatable bonds is 4. The van der Waals surface area contributed by atoms with Gasteiger partial charge in [0.05, 0.1) is 17.1 Å². The van der Waals surface area contributed by atoms with Gasteiger partial charge in [-0.3, -0.25) is 0 Å². The molecule has 0 aliphatic heterocycles. The maximum atomic E-state index is 13.3. The summed E-state index contributed by atoms with van der Waals surface area (Å²) >= 11 is 3.11. The van der Waals surface area contributed by atoms with Gasteiger partial charge in [-0.2, -0.15) is 0 Å². The Kier molecular flexibility index (Phi) is 4.74. The first-order valence-electron chi connectivity index (χ1n) is 5.96. The quantitative estimate of drug-likeness (QED) is 0.857. The SMILES string of the molecule is COC(=O)c1ccc(CNc2ccc(Br)c(F)c2)cc1. The van der Waals surface area contributed by atoms with Crippen molar-refractivity contribution in [2.24, 2.45) is 0 Å². The molecule has 0 aliphatic rings. The fourth-order valence-electron chi connectivity index (χ4n) is 1.69. The van der Waals surface area contributed by atoms with Crippen molar-refractivity contribution in [3.63, 3.8) is 0 Å². The summed E-state index contributed by atoms with van der Waals surface area (Å²) in [5.41, 5.74) is 2.19. The summed E-state index contributed by atoms with van der Waals surface area (Å²) in [5, 5.41) is 3.11. The van der Waals surface area contributed by atoms with E-state index in [9.17, 15) is 9.18 Å². The van der Waals surface area contributed by atoms with Crippen molar-refractivity contribution in [3.8, 4) is 0 Å². The van der Waals surface area contributed by atoms with Gasteiger partial charge in [0.25, 0.3) is 0 Å². The molecule has 0 amide bonds. The van der Waals surface area contributed by atoms with Gasteiger partial charge in [-0.15, -0.1) is 0 Å². The van der Waals surface area contributed by atoms with Crippen LogP contribution in [0.5, 0.6) is 0 Å². The first-order valence-corrected chi connectivity index (χ1v) is 6.75. The average Bonchev–Trinajstić information content (AvgIpc) is 2.48. The molecule has 104 valence electrons. The molecule has 2 aromatic rings. The van der Waals surface area contributed by atoms with Gasteiger partial charge in [-0.05, 0) is 51.8 Å². The molecule has 0 fully saturated rings. The number of hydrogen-bond acceptors (Lipinski definition) is 3. The Morgan fingerprint density at radius 2 is 1.95 bits per heavy atom. The number of methoxy groups -OCH3 is 1. The highest BCUT2D eigenvalue weighted by Gasteiger charge is 2.04. The molecule has 0 saturated carbocycles. The number of carbonyl (C=O) groups excluding carboxylic acids is 1. The van der Waals surface area contributed by atoms with E-state index in [1.54, 1.807) is 24.3 Å². The molecule has 0 bridgehead atoms. The van der Waals surface area contributed by atoms with Crippen LogP contribution in [-0.2, 0) is 11.3 Å². The highest BCUT2D eigenvalue weighted by molar-refractivity contribution is 9.10. The van der Waals surface area contributed by atoms with Crippen molar-refractivity contribution >= 4 is 27.6 Å². The lowest BCUT2D eigenvalue weighted by atomic mass is 10.1. The van der Waals surface area contributed by atoms with E-state index in [0.29, 0.717) is 22.3 Å². The molecule has 0 aromatic heterocycles. The zero-order valence-corrected chi connectivity index (χ0v) is 12.4. The van der Waals surface area contributed by atoms with Crippen molar-refractivity contribution in [1.82, 2.24) is 0 Å². The average molecular weight is 338 g/mol. The van der Waals surface area contributed by atoms with Crippen molar-refractivity contribution in [1.29, 1.82) is 0 Å². The van der Waals surface area contributed by atoms with Crippen molar-refractivity contribution in [2.45, 2.75) is 6.54 Å². The van der Waals surface area contributed by atoms with Crippen LogP contribution in [0.25, 0.3) is 0 Å². The van der Waals surface area contributed by atoms with Gasteiger partial charge in [0, 0.05) is 12.2 Å². The molecule has 1 N–H and O–H groups in total. The zero-order chi connectivity index (χ0) is 14.5. The normalized spacial score (nSPS) is 10.2. The second-order valence-electron chi connectivity index (χ2n) is 4.17. The minimum atomic E-state index is -0.362. The number of carbonyl (C=O) groups is 1. The summed E-state index contributed by atoms with van der Waals surface area (Å²) in [6.07, 6.45) is 0. The monoisotopic (exact) mass is 337 g/mol. The van der Waals surface area contributed by atoms with E-state index >= 15 is 0 Å². The molecular formula is C15H13BrFNO2. The van der Waals surface area contributed by atoms with Gasteiger partial charge in [-0.1, -0.05) is 12.1 Å². The van der Waals surface area contributed by atoms with Gasteiger partial charge in [0.1, 0.15) is 5.82 Å². The molecule has 0 unspecified atom stereocenters. The van der Waals surface area contributed by atoms with Crippen LogP contribution in [0.3, 0.4) is 0 Å². The van der Waals surface area contributed by atoms with E-state index in [-0.39, 0.29) is 11.8 Å². The fourth-order valence-corrected chi connectivity index (χ4v) is 1.93. The van der Waals surface area contributed by atoms with Crippen LogP contribution in [0.4, 0.5) is 10.1 Å². The van der Waals surface area contributed by atoms with Crippen LogP contribution in [0.15, 0.2) is 46.9 Å². The predicted molar refractivity (Wildman–Crippen MR) is 79.2 cm³/mol. The second-order valence-corrected chi connectivity index (χ2v) is 5.03. The van der Waals surface area contributed by atoms with Crippen molar-refractivity contribution in [2.75, 3.05) is 12.4 Å². The maximum absolute atomic E-state index is 13.3. The number of benzene rings is 2. The minimum absolute atomic E-state index is 0.309. The molecule has 0 atom stereocenters. The second kappa shape index (κ2) is 6.52. The molecule has 0 spiro atoms. The minimum Gasteiger partial charge on any atom is -0.465 e. The van der Waals surface area contributed by atoms with Crippen LogP contribution >= 0.6 is 15.9 Å². The van der Waals surface area contributed by atoms with E-state index in [0.717, 1.165) is 5.56 Å². The van der Waals surface area contributed by atoms with Crippen molar-refractivity contribution in [3.05, 3.63) is 63.9 Å². The first kappa shape index (κ1) is 14.5. The van der Waals surface area contributed by atoms with Gasteiger partial charge in [-0.25, -0.2) is 9.18 Å². The van der Waals surface area contributed by atoms with Crippen LogP contribution in [0, 0.1) is 5.82 Å². The van der Waals surface area contributed by atoms with Gasteiger partial charge >= 0.3 is 5.97 Å². The third-order valence-electron chi connectivity index (χ3n) is 2.79.